The second-order valence-electron chi connectivity index (χ2n) is 7.20. The summed E-state index contributed by atoms with van der Waals surface area (Å²) in [5.74, 6) is 1.17. The summed E-state index contributed by atoms with van der Waals surface area (Å²) in [5, 5.41) is 21.2. The first-order valence-electron chi connectivity index (χ1n) is 8.90. The molecule has 1 amide bonds. The van der Waals surface area contributed by atoms with Crippen molar-refractivity contribution in [3.63, 3.8) is 0 Å². The van der Waals surface area contributed by atoms with Gasteiger partial charge in [-0.1, -0.05) is 20.4 Å². The van der Waals surface area contributed by atoms with Crippen molar-refractivity contribution in [2.45, 2.75) is 32.7 Å². The molecule has 0 aliphatic rings. The summed E-state index contributed by atoms with van der Waals surface area (Å²) in [5.41, 5.74) is 1.00. The van der Waals surface area contributed by atoms with Crippen LogP contribution in [0, 0.1) is 17.2 Å². The zero-order valence-corrected chi connectivity index (χ0v) is 16.3. The predicted octanol–water partition coefficient (Wildman–Crippen LogP) is 4.11. The van der Waals surface area contributed by atoms with Gasteiger partial charge >= 0.3 is 6.09 Å². The number of carbonyl (C=O) groups is 1. The molecule has 0 aliphatic heterocycles. The number of amides is 1. The van der Waals surface area contributed by atoms with Crippen molar-refractivity contribution in [1.29, 1.82) is 5.26 Å². The quantitative estimate of drug-likeness (QED) is 0.713. The molecule has 1 heterocycles. The number of aromatic nitrogens is 2. The van der Waals surface area contributed by atoms with E-state index in [1.54, 1.807) is 43.5 Å². The fraction of sp³-hybridized carbons (Fsp3) is 0.333. The SMILES string of the molecule is C=Cc1nccc(-c2ccc(OCC(C)(CC(C)C)NC(=O)O)c(C#N)c2)n1. The van der Waals surface area contributed by atoms with E-state index in [-0.39, 0.29) is 12.5 Å². The fourth-order valence-electron chi connectivity index (χ4n) is 3.08. The van der Waals surface area contributed by atoms with Crippen molar-refractivity contribution >= 4 is 12.2 Å². The van der Waals surface area contributed by atoms with Gasteiger partial charge in [-0.15, -0.1) is 0 Å². The molecule has 2 N–H and O–H groups in total. The van der Waals surface area contributed by atoms with Crippen LogP contribution in [-0.2, 0) is 0 Å². The molecule has 0 saturated carbocycles. The molecule has 0 spiro atoms. The lowest BCUT2D eigenvalue weighted by Gasteiger charge is -2.31. The van der Waals surface area contributed by atoms with Crippen LogP contribution in [0.15, 0.2) is 37.0 Å². The topological polar surface area (TPSA) is 108 Å². The van der Waals surface area contributed by atoms with E-state index < -0.39 is 11.6 Å². The van der Waals surface area contributed by atoms with Crippen molar-refractivity contribution in [2.75, 3.05) is 6.61 Å². The highest BCUT2D eigenvalue weighted by molar-refractivity contribution is 5.66. The van der Waals surface area contributed by atoms with Crippen LogP contribution in [0.5, 0.6) is 5.75 Å². The third-order valence-electron chi connectivity index (χ3n) is 4.07. The van der Waals surface area contributed by atoms with Gasteiger partial charge in [0.15, 0.2) is 5.82 Å². The Labute approximate surface area is 164 Å². The third kappa shape index (κ3) is 5.55. The minimum absolute atomic E-state index is 0.111. The molecule has 146 valence electrons. The second-order valence-corrected chi connectivity index (χ2v) is 7.20. The molecule has 0 aliphatic carbocycles. The van der Waals surface area contributed by atoms with Gasteiger partial charge in [-0.05, 0) is 49.6 Å². The van der Waals surface area contributed by atoms with Gasteiger partial charge < -0.3 is 15.2 Å². The van der Waals surface area contributed by atoms with Crippen LogP contribution >= 0.6 is 0 Å². The average molecular weight is 380 g/mol. The maximum atomic E-state index is 11.1. The molecule has 1 unspecified atom stereocenters. The van der Waals surface area contributed by atoms with Gasteiger partial charge in [-0.2, -0.15) is 5.26 Å². The Kier molecular flexibility index (Phi) is 6.72. The van der Waals surface area contributed by atoms with Crippen LogP contribution in [-0.4, -0.2) is 33.3 Å². The number of carboxylic acid groups (broad SMARTS) is 1. The first-order valence-corrected chi connectivity index (χ1v) is 8.90. The van der Waals surface area contributed by atoms with Crippen LogP contribution in [0.1, 0.15) is 38.6 Å². The molecule has 1 aromatic heterocycles. The van der Waals surface area contributed by atoms with Gasteiger partial charge in [0.1, 0.15) is 18.4 Å². The minimum Gasteiger partial charge on any atom is -0.490 e. The molecule has 2 aromatic rings. The normalized spacial score (nSPS) is 12.7. The Hall–Kier alpha value is -3.40. The maximum absolute atomic E-state index is 11.1. The molecule has 28 heavy (non-hydrogen) atoms. The Morgan fingerprint density at radius 2 is 2.21 bits per heavy atom. The van der Waals surface area contributed by atoms with Crippen molar-refractivity contribution < 1.29 is 14.6 Å². The van der Waals surface area contributed by atoms with Gasteiger partial charge in [0, 0.05) is 11.8 Å². The van der Waals surface area contributed by atoms with Gasteiger partial charge in [-0.3, -0.25) is 0 Å². The van der Waals surface area contributed by atoms with Gasteiger partial charge in [0.25, 0.3) is 0 Å². The summed E-state index contributed by atoms with van der Waals surface area (Å²) in [6.45, 7) is 9.58. The average Bonchev–Trinajstić information content (AvgIpc) is 2.65. The van der Waals surface area contributed by atoms with E-state index >= 15 is 0 Å². The fourth-order valence-corrected chi connectivity index (χ4v) is 3.08. The van der Waals surface area contributed by atoms with Crippen LogP contribution in [0.3, 0.4) is 0 Å². The summed E-state index contributed by atoms with van der Waals surface area (Å²) >= 11 is 0. The summed E-state index contributed by atoms with van der Waals surface area (Å²) < 4.78 is 5.83. The number of rotatable bonds is 8. The van der Waals surface area contributed by atoms with Gasteiger partial charge in [-0.25, -0.2) is 14.8 Å². The number of hydrogen-bond donors (Lipinski definition) is 2. The summed E-state index contributed by atoms with van der Waals surface area (Å²) in [6, 6.07) is 9.06. The molecule has 2 rings (SSSR count). The molecule has 1 atom stereocenters. The van der Waals surface area contributed by atoms with E-state index in [1.165, 1.54) is 0 Å². The number of benzene rings is 1. The molecule has 7 nitrogen and oxygen atoms in total. The lowest BCUT2D eigenvalue weighted by molar-refractivity contribution is 0.143. The van der Waals surface area contributed by atoms with E-state index in [9.17, 15) is 10.1 Å². The van der Waals surface area contributed by atoms with E-state index in [4.69, 9.17) is 9.84 Å². The number of ether oxygens (including phenoxy) is 1. The van der Waals surface area contributed by atoms with Gasteiger partial charge in [0.2, 0.25) is 0 Å². The molecule has 0 fully saturated rings. The number of hydrogen-bond acceptors (Lipinski definition) is 5. The highest BCUT2D eigenvalue weighted by Crippen LogP contribution is 2.27. The smallest absolute Gasteiger partial charge is 0.405 e. The van der Waals surface area contributed by atoms with Crippen LogP contribution < -0.4 is 10.1 Å². The van der Waals surface area contributed by atoms with Crippen molar-refractivity contribution in [2.24, 2.45) is 5.92 Å². The molecule has 0 radical (unpaired) electrons. The van der Waals surface area contributed by atoms with Crippen LogP contribution in [0.4, 0.5) is 4.79 Å². The van der Waals surface area contributed by atoms with Crippen LogP contribution in [0.2, 0.25) is 0 Å². The number of nitriles is 1. The monoisotopic (exact) mass is 380 g/mol. The molecule has 0 bridgehead atoms. The van der Waals surface area contributed by atoms with Crippen molar-refractivity contribution in [3.8, 4) is 23.1 Å². The highest BCUT2D eigenvalue weighted by Gasteiger charge is 2.29. The zero-order valence-electron chi connectivity index (χ0n) is 16.3. The van der Waals surface area contributed by atoms with Gasteiger partial charge in [0.05, 0.1) is 16.8 Å². The molecular formula is C21H24N4O3. The Morgan fingerprint density at radius 3 is 2.82 bits per heavy atom. The molecule has 0 saturated heterocycles. The Balaban J connectivity index is 2.25. The van der Waals surface area contributed by atoms with E-state index in [1.807, 2.05) is 13.8 Å². The lowest BCUT2D eigenvalue weighted by atomic mass is 9.91. The van der Waals surface area contributed by atoms with E-state index in [0.717, 1.165) is 5.56 Å². The lowest BCUT2D eigenvalue weighted by Crippen LogP contribution is -2.50. The van der Waals surface area contributed by atoms with Crippen molar-refractivity contribution in [3.05, 3.63) is 48.4 Å². The summed E-state index contributed by atoms with van der Waals surface area (Å²) in [7, 11) is 0. The molecule has 1 aromatic carbocycles. The molecular weight excluding hydrogens is 356 g/mol. The Morgan fingerprint density at radius 1 is 1.46 bits per heavy atom. The minimum atomic E-state index is -1.11. The summed E-state index contributed by atoms with van der Waals surface area (Å²) in [6.07, 6.45) is 2.68. The largest absolute Gasteiger partial charge is 0.490 e. The van der Waals surface area contributed by atoms with Crippen molar-refractivity contribution in [1.82, 2.24) is 15.3 Å². The first-order chi connectivity index (χ1) is 13.3. The second kappa shape index (κ2) is 9.00. The standard InChI is InChI=1S/C21H24N4O3/c1-5-19-23-9-8-17(24-19)15-6-7-18(16(10-15)12-22)28-13-21(4,11-14(2)3)25-20(26)27/h5-10,14,25H,1,11,13H2,2-4H3,(H,26,27). The van der Waals surface area contributed by atoms with Crippen LogP contribution in [0.25, 0.3) is 17.3 Å². The maximum Gasteiger partial charge on any atom is 0.405 e. The summed E-state index contributed by atoms with van der Waals surface area (Å²) in [4.78, 5) is 19.6. The Bertz CT molecular complexity index is 905. The molecule has 7 heteroatoms. The zero-order chi connectivity index (χ0) is 20.7. The highest BCUT2D eigenvalue weighted by atomic mass is 16.5. The van der Waals surface area contributed by atoms with E-state index in [0.29, 0.717) is 29.3 Å². The number of nitrogens with zero attached hydrogens (tertiary/aromatic N) is 3. The predicted molar refractivity (Wildman–Crippen MR) is 107 cm³/mol. The van der Waals surface area contributed by atoms with E-state index in [2.05, 4.69) is 27.9 Å². The third-order valence-corrected chi connectivity index (χ3v) is 4.07. The first kappa shape index (κ1) is 20.9. The number of nitrogens with one attached hydrogen (secondary N) is 1.